The van der Waals surface area contributed by atoms with Gasteiger partial charge < -0.3 is 24.7 Å². The largest absolute Gasteiger partial charge is 0.506 e. The van der Waals surface area contributed by atoms with Crippen molar-refractivity contribution >= 4 is 23.3 Å². The molecule has 0 unspecified atom stereocenters. The second kappa shape index (κ2) is 9.22. The van der Waals surface area contributed by atoms with Crippen molar-refractivity contribution in [2.45, 2.75) is 6.42 Å². The van der Waals surface area contributed by atoms with E-state index in [4.69, 9.17) is 4.74 Å². The minimum Gasteiger partial charge on any atom is -0.506 e. The maximum atomic E-state index is 12.5. The lowest BCUT2D eigenvalue weighted by atomic mass is 10.1. The van der Waals surface area contributed by atoms with Crippen LogP contribution in [0.15, 0.2) is 17.7 Å². The summed E-state index contributed by atoms with van der Waals surface area (Å²) in [5.74, 6) is -3.00. The van der Waals surface area contributed by atoms with Crippen molar-refractivity contribution in [2.24, 2.45) is 0 Å². The number of aliphatic hydroxyl groups excluding tert-OH is 1. The van der Waals surface area contributed by atoms with Crippen molar-refractivity contribution in [2.75, 3.05) is 34.8 Å². The number of amides is 2. The monoisotopic (exact) mass is 392 g/mol. The summed E-state index contributed by atoms with van der Waals surface area (Å²) in [5, 5.41) is 40.5. The smallest absolute Gasteiger partial charge is 0.315 e. The van der Waals surface area contributed by atoms with Crippen molar-refractivity contribution in [3.8, 4) is 17.6 Å². The fourth-order valence-electron chi connectivity index (χ4n) is 2.15. The van der Waals surface area contributed by atoms with Gasteiger partial charge in [-0.25, -0.2) is 0 Å². The fraction of sp³-hybridized carbons (Fsp3) is 0.353. The number of aromatic hydroxyl groups is 1. The Morgan fingerprint density at radius 3 is 2.39 bits per heavy atom. The van der Waals surface area contributed by atoms with E-state index >= 15 is 0 Å². The van der Waals surface area contributed by atoms with Gasteiger partial charge in [-0.15, -0.1) is 0 Å². The quantitative estimate of drug-likeness (QED) is 0.229. The van der Waals surface area contributed by atoms with Crippen LogP contribution in [0.2, 0.25) is 0 Å². The Morgan fingerprint density at radius 1 is 1.32 bits per heavy atom. The van der Waals surface area contributed by atoms with Gasteiger partial charge in [0.05, 0.1) is 12.0 Å². The number of carbonyl (C=O) groups excluding carboxylic acids is 2. The van der Waals surface area contributed by atoms with Crippen molar-refractivity contribution in [1.29, 1.82) is 5.26 Å². The van der Waals surface area contributed by atoms with E-state index in [9.17, 15) is 35.2 Å². The number of nitriles is 1. The highest BCUT2D eigenvalue weighted by molar-refractivity contribution is 6.03. The number of benzene rings is 1. The first kappa shape index (κ1) is 22.2. The predicted molar refractivity (Wildman–Crippen MR) is 97.4 cm³/mol. The summed E-state index contributed by atoms with van der Waals surface area (Å²) >= 11 is 0. The molecule has 0 aliphatic rings. The van der Waals surface area contributed by atoms with Gasteiger partial charge in [0.2, 0.25) is 11.7 Å². The summed E-state index contributed by atoms with van der Waals surface area (Å²) in [6.07, 6.45) is 0.00716. The molecule has 150 valence electrons. The number of rotatable bonds is 7. The Hall–Kier alpha value is -3.81. The molecule has 1 rings (SSSR count). The number of phenolic OH excluding ortho intramolecular Hbond substituents is 1. The maximum absolute atomic E-state index is 12.5. The van der Waals surface area contributed by atoms with Crippen LogP contribution < -0.4 is 4.74 Å². The van der Waals surface area contributed by atoms with Gasteiger partial charge in [-0.3, -0.25) is 19.7 Å². The lowest BCUT2D eigenvalue weighted by Gasteiger charge is -2.18. The summed E-state index contributed by atoms with van der Waals surface area (Å²) in [5.41, 5.74) is -1.71. The average molecular weight is 392 g/mol. The number of phenols is 1. The van der Waals surface area contributed by atoms with Gasteiger partial charge in [0, 0.05) is 45.7 Å². The molecule has 28 heavy (non-hydrogen) atoms. The molecule has 0 fully saturated rings. The molecular weight excluding hydrogens is 372 g/mol. The minimum absolute atomic E-state index is 0.00659. The predicted octanol–water partition coefficient (Wildman–Crippen LogP) is 1.04. The van der Waals surface area contributed by atoms with Crippen LogP contribution >= 0.6 is 0 Å². The molecular formula is C17H20N4O7. The Balaban J connectivity index is 3.30. The molecule has 0 spiro atoms. The second-order valence-corrected chi connectivity index (χ2v) is 5.90. The first-order valence-corrected chi connectivity index (χ1v) is 7.89. The van der Waals surface area contributed by atoms with E-state index in [1.807, 2.05) is 0 Å². The van der Waals surface area contributed by atoms with Gasteiger partial charge in [0.25, 0.3) is 5.91 Å². The molecule has 1 aromatic carbocycles. The topological polar surface area (TPSA) is 157 Å². The van der Waals surface area contributed by atoms with Crippen LogP contribution in [0, 0.1) is 21.4 Å². The molecule has 2 amide bonds. The van der Waals surface area contributed by atoms with Gasteiger partial charge in [-0.05, 0) is 6.07 Å². The van der Waals surface area contributed by atoms with E-state index in [0.717, 1.165) is 24.1 Å². The van der Waals surface area contributed by atoms with Crippen molar-refractivity contribution in [3.05, 3.63) is 33.4 Å². The number of aliphatic hydroxyl groups is 1. The van der Waals surface area contributed by atoms with Gasteiger partial charge in [0.15, 0.2) is 11.3 Å². The first-order valence-electron chi connectivity index (χ1n) is 7.89. The van der Waals surface area contributed by atoms with Crippen LogP contribution in [-0.2, 0) is 9.59 Å². The Morgan fingerprint density at radius 2 is 1.93 bits per heavy atom. The maximum Gasteiger partial charge on any atom is 0.315 e. The molecule has 0 aliphatic heterocycles. The lowest BCUT2D eigenvalue weighted by molar-refractivity contribution is -0.386. The van der Waals surface area contributed by atoms with Crippen molar-refractivity contribution in [1.82, 2.24) is 9.80 Å². The van der Waals surface area contributed by atoms with Gasteiger partial charge in [0.1, 0.15) is 11.8 Å². The van der Waals surface area contributed by atoms with Gasteiger partial charge in [-0.1, -0.05) is 0 Å². The number of methoxy groups -OCH3 is 1. The van der Waals surface area contributed by atoms with E-state index < -0.39 is 33.6 Å². The molecule has 0 aromatic heterocycles. The van der Waals surface area contributed by atoms with Crippen LogP contribution in [0.25, 0.3) is 5.76 Å². The Labute approximate surface area is 160 Å². The number of nitro groups is 1. The van der Waals surface area contributed by atoms with Crippen LogP contribution in [0.4, 0.5) is 5.69 Å². The minimum atomic E-state index is -0.901. The molecule has 0 aliphatic carbocycles. The standard InChI is InChI=1S/C17H20N4O7/c1-19(2)14(22)5-6-20(3)17(25)11(9-18)15(23)10-7-12(21(26)27)16(24)13(8-10)28-4/h7-8,23-24H,5-6H2,1-4H3/b15-11-. The molecule has 0 atom stereocenters. The van der Waals surface area contributed by atoms with E-state index in [0.29, 0.717) is 0 Å². The summed E-state index contributed by atoms with van der Waals surface area (Å²) in [6.45, 7) is -0.00659. The third-order valence-electron chi connectivity index (χ3n) is 3.81. The lowest BCUT2D eigenvalue weighted by Crippen LogP contribution is -2.33. The molecule has 1 aromatic rings. The SMILES string of the molecule is COc1cc(/C(O)=C(\C#N)C(=O)N(C)CCC(=O)N(C)C)cc([N+](=O)[O-])c1O. The number of nitro benzene ring substituents is 1. The average Bonchev–Trinajstić information content (AvgIpc) is 2.65. The van der Waals surface area contributed by atoms with E-state index in [2.05, 4.69) is 0 Å². The van der Waals surface area contributed by atoms with E-state index in [1.54, 1.807) is 20.2 Å². The summed E-state index contributed by atoms with van der Waals surface area (Å²) < 4.78 is 4.83. The molecule has 0 heterocycles. The summed E-state index contributed by atoms with van der Waals surface area (Å²) in [6, 6.07) is 3.43. The van der Waals surface area contributed by atoms with Crippen LogP contribution in [0.5, 0.6) is 11.5 Å². The summed E-state index contributed by atoms with van der Waals surface area (Å²) in [7, 11) is 5.61. The molecule has 0 saturated carbocycles. The first-order chi connectivity index (χ1) is 13.0. The second-order valence-electron chi connectivity index (χ2n) is 5.90. The zero-order valence-corrected chi connectivity index (χ0v) is 15.8. The number of hydrogen-bond donors (Lipinski definition) is 2. The van der Waals surface area contributed by atoms with Crippen LogP contribution in [-0.4, -0.2) is 71.5 Å². The van der Waals surface area contributed by atoms with E-state index in [-0.39, 0.29) is 30.2 Å². The van der Waals surface area contributed by atoms with Crippen LogP contribution in [0.3, 0.4) is 0 Å². The third-order valence-corrected chi connectivity index (χ3v) is 3.81. The van der Waals surface area contributed by atoms with Crippen LogP contribution in [0.1, 0.15) is 12.0 Å². The molecule has 11 nitrogen and oxygen atoms in total. The van der Waals surface area contributed by atoms with Gasteiger partial charge >= 0.3 is 5.69 Å². The fourth-order valence-corrected chi connectivity index (χ4v) is 2.15. The molecule has 0 bridgehead atoms. The molecule has 0 saturated heterocycles. The number of carbonyl (C=O) groups is 2. The zero-order valence-electron chi connectivity index (χ0n) is 15.8. The number of nitrogens with zero attached hydrogens (tertiary/aromatic N) is 4. The molecule has 0 radical (unpaired) electrons. The van der Waals surface area contributed by atoms with Crippen molar-refractivity contribution < 1.29 is 29.5 Å². The number of ether oxygens (including phenoxy) is 1. The van der Waals surface area contributed by atoms with E-state index in [1.165, 1.54) is 11.9 Å². The zero-order chi connectivity index (χ0) is 21.6. The number of likely N-dealkylation sites (N-methyl/N-ethyl adjacent to an activating group) is 1. The highest BCUT2D eigenvalue weighted by atomic mass is 16.6. The molecule has 11 heteroatoms. The highest BCUT2D eigenvalue weighted by Crippen LogP contribution is 2.38. The molecule has 2 N–H and O–H groups in total. The normalized spacial score (nSPS) is 11.1. The number of hydrogen-bond acceptors (Lipinski definition) is 8. The van der Waals surface area contributed by atoms with Crippen molar-refractivity contribution in [3.63, 3.8) is 0 Å². The Bertz CT molecular complexity index is 871. The Kier molecular flexibility index (Phi) is 7.32. The van der Waals surface area contributed by atoms with Gasteiger partial charge in [-0.2, -0.15) is 5.26 Å². The highest BCUT2D eigenvalue weighted by Gasteiger charge is 2.25. The summed E-state index contributed by atoms with van der Waals surface area (Å²) in [4.78, 5) is 36.7. The third kappa shape index (κ3) is 4.88.